The number of carbonyl (C=O) groups is 1. The number of nitrogens with zero attached hydrogens (tertiary/aromatic N) is 2. The van der Waals surface area contributed by atoms with E-state index in [4.69, 9.17) is 4.74 Å². The third-order valence-corrected chi connectivity index (χ3v) is 3.01. The van der Waals surface area contributed by atoms with Gasteiger partial charge in [0.05, 0.1) is 12.7 Å². The van der Waals surface area contributed by atoms with Crippen LogP contribution in [0.25, 0.3) is 0 Å². The number of ether oxygens (including phenoxy) is 1. The van der Waals surface area contributed by atoms with Crippen LogP contribution in [0, 0.1) is 0 Å². The molecule has 0 aliphatic heterocycles. The van der Waals surface area contributed by atoms with Crippen molar-refractivity contribution in [3.63, 3.8) is 0 Å². The van der Waals surface area contributed by atoms with E-state index in [1.807, 2.05) is 45.0 Å². The maximum Gasteiger partial charge on any atom is 0.254 e. The lowest BCUT2D eigenvalue weighted by Gasteiger charge is -2.20. The smallest absolute Gasteiger partial charge is 0.254 e. The van der Waals surface area contributed by atoms with Crippen molar-refractivity contribution in [2.75, 3.05) is 12.4 Å². The molecule has 1 heterocycles. The molecule has 122 valence electrons. The molecule has 2 rings (SSSR count). The summed E-state index contributed by atoms with van der Waals surface area (Å²) >= 11 is 0. The van der Waals surface area contributed by atoms with Crippen LogP contribution in [-0.4, -0.2) is 28.5 Å². The highest BCUT2D eigenvalue weighted by molar-refractivity contribution is 5.93. The number of aromatic nitrogens is 2. The van der Waals surface area contributed by atoms with E-state index in [1.165, 1.54) is 12.4 Å². The van der Waals surface area contributed by atoms with Gasteiger partial charge in [0.2, 0.25) is 5.95 Å². The van der Waals surface area contributed by atoms with E-state index >= 15 is 0 Å². The Kier molecular flexibility index (Phi) is 5.16. The lowest BCUT2D eigenvalue weighted by atomic mass is 10.1. The first-order chi connectivity index (χ1) is 10.9. The van der Waals surface area contributed by atoms with E-state index in [2.05, 4.69) is 20.6 Å². The number of hydrogen-bond donors (Lipinski definition) is 2. The second-order valence-corrected chi connectivity index (χ2v) is 6.20. The van der Waals surface area contributed by atoms with Gasteiger partial charge in [-0.05, 0) is 38.5 Å². The van der Waals surface area contributed by atoms with E-state index in [-0.39, 0.29) is 11.4 Å². The maximum atomic E-state index is 12.1. The topological polar surface area (TPSA) is 76.1 Å². The largest absolute Gasteiger partial charge is 0.497 e. The van der Waals surface area contributed by atoms with Crippen LogP contribution in [0.4, 0.5) is 5.95 Å². The molecule has 1 aromatic heterocycles. The molecule has 0 unspecified atom stereocenters. The summed E-state index contributed by atoms with van der Waals surface area (Å²) < 4.78 is 5.10. The summed E-state index contributed by atoms with van der Waals surface area (Å²) in [6.07, 6.45) is 3.04. The highest BCUT2D eigenvalue weighted by Gasteiger charge is 2.12. The van der Waals surface area contributed by atoms with Crippen molar-refractivity contribution in [3.8, 4) is 5.75 Å². The monoisotopic (exact) mass is 314 g/mol. The predicted octanol–water partition coefficient (Wildman–Crippen LogP) is 2.63. The number of hydrogen-bond acceptors (Lipinski definition) is 5. The average molecular weight is 314 g/mol. The summed E-state index contributed by atoms with van der Waals surface area (Å²) in [5, 5.41) is 5.99. The van der Waals surface area contributed by atoms with Gasteiger partial charge in [-0.25, -0.2) is 9.97 Å². The lowest BCUT2D eigenvalue weighted by Crippen LogP contribution is -2.28. The SMILES string of the molecule is COc1ccc(CNC(=O)c2cnc(NC(C)(C)C)nc2)cc1. The Balaban J connectivity index is 1.92. The molecule has 6 heteroatoms. The molecule has 0 spiro atoms. The number of nitrogens with one attached hydrogen (secondary N) is 2. The van der Waals surface area contributed by atoms with Gasteiger partial charge in [0.1, 0.15) is 5.75 Å². The second kappa shape index (κ2) is 7.09. The van der Waals surface area contributed by atoms with Crippen molar-refractivity contribution in [2.24, 2.45) is 0 Å². The number of amides is 1. The molecule has 0 fully saturated rings. The van der Waals surface area contributed by atoms with Crippen LogP contribution in [0.15, 0.2) is 36.7 Å². The highest BCUT2D eigenvalue weighted by atomic mass is 16.5. The van der Waals surface area contributed by atoms with Gasteiger partial charge in [-0.15, -0.1) is 0 Å². The van der Waals surface area contributed by atoms with Crippen molar-refractivity contribution in [1.29, 1.82) is 0 Å². The van der Waals surface area contributed by atoms with Crippen LogP contribution in [-0.2, 0) is 6.54 Å². The minimum Gasteiger partial charge on any atom is -0.497 e. The quantitative estimate of drug-likeness (QED) is 0.887. The standard InChI is InChI=1S/C17H22N4O2/c1-17(2,3)21-16-19-10-13(11-20-16)15(22)18-9-12-5-7-14(23-4)8-6-12/h5-8,10-11H,9H2,1-4H3,(H,18,22)(H,19,20,21). The Morgan fingerprint density at radius 1 is 1.13 bits per heavy atom. The average Bonchev–Trinajstić information content (AvgIpc) is 2.52. The molecule has 2 aromatic rings. The van der Waals surface area contributed by atoms with Gasteiger partial charge in [0.15, 0.2) is 0 Å². The fraction of sp³-hybridized carbons (Fsp3) is 0.353. The summed E-state index contributed by atoms with van der Waals surface area (Å²) in [6.45, 7) is 6.49. The van der Waals surface area contributed by atoms with E-state index in [0.717, 1.165) is 11.3 Å². The Labute approximate surface area is 136 Å². The summed E-state index contributed by atoms with van der Waals surface area (Å²) in [5.41, 5.74) is 1.29. The van der Waals surface area contributed by atoms with E-state index in [9.17, 15) is 4.79 Å². The minimum atomic E-state index is -0.205. The number of rotatable bonds is 5. The van der Waals surface area contributed by atoms with Crippen molar-refractivity contribution in [1.82, 2.24) is 15.3 Å². The molecule has 0 saturated carbocycles. The van der Waals surface area contributed by atoms with Gasteiger partial charge < -0.3 is 15.4 Å². The first-order valence-electron chi connectivity index (χ1n) is 7.39. The van der Waals surface area contributed by atoms with Gasteiger partial charge in [-0.2, -0.15) is 0 Å². The molecule has 0 aliphatic carbocycles. The van der Waals surface area contributed by atoms with Gasteiger partial charge in [-0.1, -0.05) is 12.1 Å². The molecular weight excluding hydrogens is 292 g/mol. The Morgan fingerprint density at radius 3 is 2.26 bits per heavy atom. The van der Waals surface area contributed by atoms with Crippen molar-refractivity contribution in [3.05, 3.63) is 47.8 Å². The van der Waals surface area contributed by atoms with Crippen LogP contribution in [0.2, 0.25) is 0 Å². The van der Waals surface area contributed by atoms with Crippen LogP contribution < -0.4 is 15.4 Å². The maximum absolute atomic E-state index is 12.1. The Bertz CT molecular complexity index is 646. The molecule has 0 radical (unpaired) electrons. The second-order valence-electron chi connectivity index (χ2n) is 6.20. The Hall–Kier alpha value is -2.63. The number of carbonyl (C=O) groups excluding carboxylic acids is 1. The molecule has 1 amide bonds. The molecule has 0 atom stereocenters. The lowest BCUT2D eigenvalue weighted by molar-refractivity contribution is 0.0950. The zero-order chi connectivity index (χ0) is 16.9. The van der Waals surface area contributed by atoms with Crippen LogP contribution in [0.5, 0.6) is 5.75 Å². The van der Waals surface area contributed by atoms with Gasteiger partial charge in [0, 0.05) is 24.5 Å². The summed E-state index contributed by atoms with van der Waals surface area (Å²) in [4.78, 5) is 20.4. The first-order valence-corrected chi connectivity index (χ1v) is 7.39. The van der Waals surface area contributed by atoms with Gasteiger partial charge in [0.25, 0.3) is 5.91 Å². The highest BCUT2D eigenvalue weighted by Crippen LogP contribution is 2.12. The van der Waals surface area contributed by atoms with E-state index in [1.54, 1.807) is 7.11 Å². The third kappa shape index (κ3) is 5.25. The van der Waals surface area contributed by atoms with Crippen molar-refractivity contribution in [2.45, 2.75) is 32.9 Å². The van der Waals surface area contributed by atoms with Crippen molar-refractivity contribution < 1.29 is 9.53 Å². The molecule has 0 aliphatic rings. The molecule has 0 bridgehead atoms. The molecule has 6 nitrogen and oxygen atoms in total. The first kappa shape index (κ1) is 16.7. The third-order valence-electron chi connectivity index (χ3n) is 3.01. The van der Waals surface area contributed by atoms with E-state index in [0.29, 0.717) is 18.1 Å². The fourth-order valence-electron chi connectivity index (χ4n) is 1.87. The fourth-order valence-corrected chi connectivity index (χ4v) is 1.87. The molecule has 2 N–H and O–H groups in total. The van der Waals surface area contributed by atoms with Crippen molar-refractivity contribution >= 4 is 11.9 Å². The Morgan fingerprint density at radius 2 is 1.74 bits per heavy atom. The molecular formula is C17H22N4O2. The summed E-state index contributed by atoms with van der Waals surface area (Å²) in [5.74, 6) is 1.09. The molecule has 0 saturated heterocycles. The number of anilines is 1. The van der Waals surface area contributed by atoms with Crippen LogP contribution >= 0.6 is 0 Å². The summed E-state index contributed by atoms with van der Waals surface area (Å²) in [6, 6.07) is 7.53. The zero-order valence-corrected chi connectivity index (χ0v) is 13.9. The van der Waals surface area contributed by atoms with E-state index < -0.39 is 0 Å². The zero-order valence-electron chi connectivity index (χ0n) is 13.9. The molecule has 1 aromatic carbocycles. The van der Waals surface area contributed by atoms with Crippen LogP contribution in [0.3, 0.4) is 0 Å². The van der Waals surface area contributed by atoms with Gasteiger partial charge in [-0.3, -0.25) is 4.79 Å². The number of benzene rings is 1. The normalized spacial score (nSPS) is 11.0. The summed E-state index contributed by atoms with van der Waals surface area (Å²) in [7, 11) is 1.62. The minimum absolute atomic E-state index is 0.127. The number of methoxy groups -OCH3 is 1. The van der Waals surface area contributed by atoms with Gasteiger partial charge >= 0.3 is 0 Å². The molecule has 23 heavy (non-hydrogen) atoms. The predicted molar refractivity (Wildman–Crippen MR) is 89.6 cm³/mol. The van der Waals surface area contributed by atoms with Crippen LogP contribution in [0.1, 0.15) is 36.7 Å².